The summed E-state index contributed by atoms with van der Waals surface area (Å²) in [6.07, 6.45) is 0. The summed E-state index contributed by atoms with van der Waals surface area (Å²) in [5, 5.41) is 3.05. The van der Waals surface area contributed by atoms with Crippen LogP contribution in [0.15, 0.2) is 53.9 Å². The summed E-state index contributed by atoms with van der Waals surface area (Å²) >= 11 is 1.64. The van der Waals surface area contributed by atoms with Crippen molar-refractivity contribution in [1.82, 2.24) is 4.98 Å². The van der Waals surface area contributed by atoms with Gasteiger partial charge in [-0.3, -0.25) is 0 Å². The van der Waals surface area contributed by atoms with E-state index in [1.54, 1.807) is 25.6 Å². The van der Waals surface area contributed by atoms with Gasteiger partial charge in [0.1, 0.15) is 11.5 Å². The predicted molar refractivity (Wildman–Crippen MR) is 122 cm³/mol. The van der Waals surface area contributed by atoms with Crippen molar-refractivity contribution < 1.29 is 18.9 Å². The third kappa shape index (κ3) is 5.97. The first-order valence-electron chi connectivity index (χ1n) is 10.3. The third-order valence-corrected chi connectivity index (χ3v) is 6.09. The second-order valence-corrected chi connectivity index (χ2v) is 8.44. The van der Waals surface area contributed by atoms with E-state index >= 15 is 0 Å². The minimum atomic E-state index is 0.524. The Balaban J connectivity index is 1.49. The molecular weight excluding hydrogens is 412 g/mol. The lowest BCUT2D eigenvalue weighted by molar-refractivity contribution is -0.0748. The first-order chi connectivity index (χ1) is 15.2. The van der Waals surface area contributed by atoms with E-state index in [9.17, 15) is 0 Å². The maximum Gasteiger partial charge on any atom is 0.186 e. The number of anilines is 1. The number of aromatic nitrogens is 1. The van der Waals surface area contributed by atoms with Crippen LogP contribution < -0.4 is 14.4 Å². The van der Waals surface area contributed by atoms with Gasteiger partial charge in [-0.25, -0.2) is 4.98 Å². The lowest BCUT2D eigenvalue weighted by atomic mass is 10.1. The number of benzene rings is 2. The molecule has 3 aromatic rings. The number of methoxy groups -OCH3 is 2. The first kappa shape index (κ1) is 21.6. The number of nitrogens with zero attached hydrogens (tertiary/aromatic N) is 2. The molecule has 2 aromatic carbocycles. The topological polar surface area (TPSA) is 53.1 Å². The summed E-state index contributed by atoms with van der Waals surface area (Å²) in [6, 6.07) is 16.3. The van der Waals surface area contributed by atoms with Gasteiger partial charge in [0.05, 0.1) is 46.3 Å². The van der Waals surface area contributed by atoms with Crippen molar-refractivity contribution in [2.24, 2.45) is 5.92 Å². The smallest absolute Gasteiger partial charge is 0.186 e. The fraction of sp³-hybridized carbons (Fsp3) is 0.375. The molecule has 0 bridgehead atoms. The number of rotatable bonds is 11. The van der Waals surface area contributed by atoms with Crippen LogP contribution in [-0.2, 0) is 29.2 Å². The predicted octanol–water partition coefficient (Wildman–Crippen LogP) is 4.53. The van der Waals surface area contributed by atoms with Gasteiger partial charge in [-0.1, -0.05) is 24.3 Å². The van der Waals surface area contributed by atoms with Crippen LogP contribution in [0.4, 0.5) is 5.13 Å². The van der Waals surface area contributed by atoms with E-state index in [0.717, 1.165) is 55.2 Å². The van der Waals surface area contributed by atoms with Gasteiger partial charge < -0.3 is 23.8 Å². The van der Waals surface area contributed by atoms with Gasteiger partial charge in [0.15, 0.2) is 5.13 Å². The Kier molecular flexibility index (Phi) is 7.40. The van der Waals surface area contributed by atoms with E-state index in [4.69, 9.17) is 23.9 Å². The maximum atomic E-state index is 5.83. The number of hydrogen-bond donors (Lipinski definition) is 0. The SMILES string of the molecule is COc1cccc(CN(Cc2cccc(OC)c2)c2nc(COCC3COC3)cs2)c1. The summed E-state index contributed by atoms with van der Waals surface area (Å²) in [5.41, 5.74) is 3.29. The minimum absolute atomic E-state index is 0.524. The molecule has 1 aliphatic heterocycles. The Hall–Kier alpha value is -2.61. The molecule has 0 aliphatic carbocycles. The highest BCUT2D eigenvalue weighted by atomic mass is 32.1. The Bertz CT molecular complexity index is 924. The third-order valence-electron chi connectivity index (χ3n) is 5.14. The van der Waals surface area contributed by atoms with Crippen molar-refractivity contribution in [2.75, 3.05) is 38.9 Å². The Morgan fingerprint density at radius 2 is 1.65 bits per heavy atom. The average Bonchev–Trinajstić information content (AvgIpc) is 3.24. The molecule has 0 spiro atoms. The van der Waals surface area contributed by atoms with Gasteiger partial charge in [0.2, 0.25) is 0 Å². The van der Waals surface area contributed by atoms with Crippen molar-refractivity contribution >= 4 is 16.5 Å². The quantitative estimate of drug-likeness (QED) is 0.437. The standard InChI is InChI=1S/C24H28N2O4S/c1-27-22-7-3-5-18(9-22)11-26(12-19-6-4-8-23(10-19)28-2)24-25-21(17-31-24)16-30-15-20-13-29-14-20/h3-10,17,20H,11-16H2,1-2H3. The van der Waals surface area contributed by atoms with E-state index in [-0.39, 0.29) is 0 Å². The summed E-state index contributed by atoms with van der Waals surface area (Å²) in [4.78, 5) is 7.13. The fourth-order valence-electron chi connectivity index (χ4n) is 3.39. The van der Waals surface area contributed by atoms with Crippen molar-refractivity contribution in [1.29, 1.82) is 0 Å². The van der Waals surface area contributed by atoms with E-state index in [1.165, 1.54) is 11.1 Å². The largest absolute Gasteiger partial charge is 0.497 e. The highest BCUT2D eigenvalue weighted by Crippen LogP contribution is 2.27. The van der Waals surface area contributed by atoms with E-state index in [0.29, 0.717) is 12.5 Å². The molecule has 6 nitrogen and oxygen atoms in total. The van der Waals surface area contributed by atoms with Gasteiger partial charge in [0.25, 0.3) is 0 Å². The molecular formula is C24H28N2O4S. The molecule has 0 amide bonds. The number of hydrogen-bond acceptors (Lipinski definition) is 7. The van der Waals surface area contributed by atoms with Crippen molar-refractivity contribution in [3.63, 3.8) is 0 Å². The van der Waals surface area contributed by atoms with Crippen LogP contribution in [-0.4, -0.2) is 39.0 Å². The summed E-state index contributed by atoms with van der Waals surface area (Å²) in [5.74, 6) is 2.23. The van der Waals surface area contributed by atoms with Gasteiger partial charge >= 0.3 is 0 Å². The molecule has 0 saturated carbocycles. The molecule has 2 heterocycles. The molecule has 7 heteroatoms. The molecule has 0 unspecified atom stereocenters. The van der Waals surface area contributed by atoms with Gasteiger partial charge in [0, 0.05) is 24.4 Å². The second kappa shape index (κ2) is 10.6. The zero-order chi connectivity index (χ0) is 21.5. The first-order valence-corrected chi connectivity index (χ1v) is 11.2. The molecule has 1 fully saturated rings. The zero-order valence-corrected chi connectivity index (χ0v) is 18.8. The van der Waals surface area contributed by atoms with Gasteiger partial charge in [-0.15, -0.1) is 11.3 Å². The molecule has 0 N–H and O–H groups in total. The second-order valence-electron chi connectivity index (χ2n) is 7.60. The Morgan fingerprint density at radius 1 is 1.00 bits per heavy atom. The van der Waals surface area contributed by atoms with Crippen LogP contribution >= 0.6 is 11.3 Å². The monoisotopic (exact) mass is 440 g/mol. The lowest BCUT2D eigenvalue weighted by Gasteiger charge is -2.25. The number of thiazole rings is 1. The van der Waals surface area contributed by atoms with E-state index in [2.05, 4.69) is 34.5 Å². The van der Waals surface area contributed by atoms with Crippen molar-refractivity contribution in [3.8, 4) is 11.5 Å². The van der Waals surface area contributed by atoms with Crippen LogP contribution in [0.2, 0.25) is 0 Å². The van der Waals surface area contributed by atoms with Crippen LogP contribution in [0, 0.1) is 5.92 Å². The Morgan fingerprint density at radius 3 is 2.19 bits per heavy atom. The molecule has 0 radical (unpaired) electrons. The van der Waals surface area contributed by atoms with Crippen molar-refractivity contribution in [2.45, 2.75) is 19.7 Å². The molecule has 164 valence electrons. The molecule has 1 aliphatic rings. The summed E-state index contributed by atoms with van der Waals surface area (Å²) in [6.45, 7) is 4.31. The molecule has 0 atom stereocenters. The van der Waals surface area contributed by atoms with E-state index in [1.807, 2.05) is 24.3 Å². The van der Waals surface area contributed by atoms with E-state index < -0.39 is 0 Å². The molecule has 1 aromatic heterocycles. The van der Waals surface area contributed by atoms with Gasteiger partial charge in [-0.2, -0.15) is 0 Å². The summed E-state index contributed by atoms with van der Waals surface area (Å²) in [7, 11) is 3.38. The van der Waals surface area contributed by atoms with Crippen LogP contribution in [0.3, 0.4) is 0 Å². The van der Waals surface area contributed by atoms with Crippen LogP contribution in [0.5, 0.6) is 11.5 Å². The van der Waals surface area contributed by atoms with Crippen LogP contribution in [0.25, 0.3) is 0 Å². The maximum absolute atomic E-state index is 5.83. The fourth-order valence-corrected chi connectivity index (χ4v) is 4.20. The molecule has 1 saturated heterocycles. The molecule has 4 rings (SSSR count). The average molecular weight is 441 g/mol. The normalized spacial score (nSPS) is 13.6. The lowest BCUT2D eigenvalue weighted by Crippen LogP contribution is -2.31. The van der Waals surface area contributed by atoms with Gasteiger partial charge in [-0.05, 0) is 35.4 Å². The zero-order valence-electron chi connectivity index (χ0n) is 18.0. The highest BCUT2D eigenvalue weighted by Gasteiger charge is 2.19. The molecule has 31 heavy (non-hydrogen) atoms. The van der Waals surface area contributed by atoms with Crippen LogP contribution in [0.1, 0.15) is 16.8 Å². The Labute approximate surface area is 187 Å². The highest BCUT2D eigenvalue weighted by molar-refractivity contribution is 7.13. The number of ether oxygens (including phenoxy) is 4. The van der Waals surface area contributed by atoms with Crippen molar-refractivity contribution in [3.05, 3.63) is 70.7 Å². The summed E-state index contributed by atoms with van der Waals surface area (Å²) < 4.78 is 21.8. The minimum Gasteiger partial charge on any atom is -0.497 e.